The number of hydrogen-bond acceptors (Lipinski definition) is 2. The number of nitrogens with zero attached hydrogens (tertiary/aromatic N) is 1. The van der Waals surface area contributed by atoms with Gasteiger partial charge in [-0.3, -0.25) is 9.69 Å². The molecule has 1 aliphatic heterocycles. The lowest BCUT2D eigenvalue weighted by molar-refractivity contribution is -0.124. The molecule has 2 aliphatic rings. The van der Waals surface area contributed by atoms with Crippen LogP contribution in [0.4, 0.5) is 0 Å². The number of carbonyl (C=O) groups excluding carboxylic acids is 1. The van der Waals surface area contributed by atoms with Crippen LogP contribution >= 0.6 is 0 Å². The zero-order valence-electron chi connectivity index (χ0n) is 18.0. The van der Waals surface area contributed by atoms with Gasteiger partial charge < -0.3 is 5.32 Å². The van der Waals surface area contributed by atoms with Crippen molar-refractivity contribution in [3.63, 3.8) is 0 Å². The largest absolute Gasteiger partial charge is 0.352 e. The van der Waals surface area contributed by atoms with Crippen LogP contribution in [-0.4, -0.2) is 29.9 Å². The highest BCUT2D eigenvalue weighted by atomic mass is 16.2. The zero-order valence-corrected chi connectivity index (χ0v) is 18.0. The van der Waals surface area contributed by atoms with Gasteiger partial charge in [0.05, 0.1) is 5.92 Å². The molecule has 3 nitrogen and oxygen atoms in total. The number of aryl methyl sites for hydroxylation is 1. The lowest BCUT2D eigenvalue weighted by Gasteiger charge is -2.26. The summed E-state index contributed by atoms with van der Waals surface area (Å²) >= 11 is 0. The molecular formula is C26H34N2O. The second-order valence-electron chi connectivity index (χ2n) is 9.37. The van der Waals surface area contributed by atoms with Crippen LogP contribution in [0.25, 0.3) is 0 Å². The Kier molecular flexibility index (Phi) is 6.05. The highest BCUT2D eigenvalue weighted by molar-refractivity contribution is 5.84. The molecule has 29 heavy (non-hydrogen) atoms. The van der Waals surface area contributed by atoms with Crippen molar-refractivity contribution < 1.29 is 4.79 Å². The van der Waals surface area contributed by atoms with Crippen molar-refractivity contribution in [2.75, 3.05) is 13.1 Å². The average Bonchev–Trinajstić information content (AvgIpc) is 3.26. The zero-order chi connectivity index (χ0) is 20.4. The van der Waals surface area contributed by atoms with E-state index < -0.39 is 0 Å². The molecule has 3 heteroatoms. The number of carbonyl (C=O) groups is 1. The Labute approximate surface area is 175 Å². The standard InChI is InChI=1S/C26H34N2O/c1-18(2)25(20-10-5-4-6-11-20)26(29)27-24-14-13-22-16-28(17-23(22)24)15-21-12-8-7-9-19(21)3/h4-12,18,22-25H,13-17H2,1-3H3,(H,27,29)/t22-,23+,24+,25?/m1/s1. The summed E-state index contributed by atoms with van der Waals surface area (Å²) in [6.07, 6.45) is 2.36. The Bertz CT molecular complexity index is 832. The van der Waals surface area contributed by atoms with E-state index in [0.717, 1.165) is 37.5 Å². The van der Waals surface area contributed by atoms with Crippen LogP contribution in [-0.2, 0) is 11.3 Å². The van der Waals surface area contributed by atoms with E-state index in [-0.39, 0.29) is 17.7 Å². The smallest absolute Gasteiger partial charge is 0.228 e. The van der Waals surface area contributed by atoms with Gasteiger partial charge in [0.25, 0.3) is 0 Å². The summed E-state index contributed by atoms with van der Waals surface area (Å²) in [4.78, 5) is 15.8. The van der Waals surface area contributed by atoms with Gasteiger partial charge in [-0.25, -0.2) is 0 Å². The van der Waals surface area contributed by atoms with Crippen molar-refractivity contribution in [2.24, 2.45) is 17.8 Å². The fourth-order valence-electron chi connectivity index (χ4n) is 5.47. The third kappa shape index (κ3) is 4.40. The number of amides is 1. The molecule has 4 atom stereocenters. The highest BCUT2D eigenvalue weighted by Gasteiger charge is 2.43. The minimum Gasteiger partial charge on any atom is -0.352 e. The quantitative estimate of drug-likeness (QED) is 0.771. The van der Waals surface area contributed by atoms with Gasteiger partial charge in [-0.15, -0.1) is 0 Å². The van der Waals surface area contributed by atoms with Gasteiger partial charge in [0, 0.05) is 25.7 Å². The minimum atomic E-state index is -0.0697. The summed E-state index contributed by atoms with van der Waals surface area (Å²) in [6, 6.07) is 19.3. The molecule has 1 aliphatic carbocycles. The summed E-state index contributed by atoms with van der Waals surface area (Å²) in [6.45, 7) is 9.78. The third-order valence-electron chi connectivity index (χ3n) is 7.02. The second kappa shape index (κ2) is 8.71. The summed E-state index contributed by atoms with van der Waals surface area (Å²) in [5, 5.41) is 3.46. The number of rotatable bonds is 6. The SMILES string of the molecule is Cc1ccccc1CN1C[C@H]2CC[C@H](NC(=O)C(c3ccccc3)C(C)C)[C@H]2C1. The van der Waals surface area contributed by atoms with E-state index in [9.17, 15) is 4.79 Å². The number of nitrogens with one attached hydrogen (secondary N) is 1. The van der Waals surface area contributed by atoms with E-state index in [1.807, 2.05) is 18.2 Å². The van der Waals surface area contributed by atoms with Crippen LogP contribution in [0.2, 0.25) is 0 Å². The van der Waals surface area contributed by atoms with Crippen molar-refractivity contribution in [1.82, 2.24) is 10.2 Å². The number of benzene rings is 2. The first-order chi connectivity index (χ1) is 14.0. The van der Waals surface area contributed by atoms with E-state index in [4.69, 9.17) is 0 Å². The first kappa shape index (κ1) is 20.2. The van der Waals surface area contributed by atoms with Crippen molar-refractivity contribution in [1.29, 1.82) is 0 Å². The molecule has 1 amide bonds. The van der Waals surface area contributed by atoms with Crippen LogP contribution in [0.5, 0.6) is 0 Å². The van der Waals surface area contributed by atoms with Gasteiger partial charge in [0.15, 0.2) is 0 Å². The van der Waals surface area contributed by atoms with Crippen molar-refractivity contribution in [3.05, 3.63) is 71.3 Å². The molecule has 1 saturated carbocycles. The summed E-state index contributed by atoms with van der Waals surface area (Å²) in [5.41, 5.74) is 3.93. The molecule has 2 fully saturated rings. The fourth-order valence-corrected chi connectivity index (χ4v) is 5.47. The monoisotopic (exact) mass is 390 g/mol. The van der Waals surface area contributed by atoms with Crippen LogP contribution in [0.15, 0.2) is 54.6 Å². The molecule has 0 aromatic heterocycles. The predicted octanol–water partition coefficient (Wildman–Crippen LogP) is 4.76. The lowest BCUT2D eigenvalue weighted by atomic mass is 9.87. The summed E-state index contributed by atoms with van der Waals surface area (Å²) in [5.74, 6) is 1.73. The van der Waals surface area contributed by atoms with Crippen LogP contribution in [0.3, 0.4) is 0 Å². The Morgan fingerprint density at radius 3 is 2.48 bits per heavy atom. The summed E-state index contributed by atoms with van der Waals surface area (Å²) < 4.78 is 0. The van der Waals surface area contributed by atoms with E-state index in [2.05, 4.69) is 67.4 Å². The lowest BCUT2D eigenvalue weighted by Crippen LogP contribution is -2.43. The molecule has 1 unspecified atom stereocenters. The molecule has 0 bridgehead atoms. The van der Waals surface area contributed by atoms with Crippen LogP contribution < -0.4 is 5.32 Å². The average molecular weight is 391 g/mol. The number of fused-ring (bicyclic) bond motifs is 1. The predicted molar refractivity (Wildman–Crippen MR) is 119 cm³/mol. The fraction of sp³-hybridized carbons (Fsp3) is 0.500. The number of likely N-dealkylation sites (tertiary alicyclic amines) is 1. The molecule has 1 saturated heterocycles. The molecule has 2 aromatic rings. The van der Waals surface area contributed by atoms with Crippen molar-refractivity contribution in [2.45, 2.75) is 52.1 Å². The molecule has 1 N–H and O–H groups in total. The molecule has 2 aromatic carbocycles. The molecule has 4 rings (SSSR count). The van der Waals surface area contributed by atoms with Gasteiger partial charge in [0.2, 0.25) is 5.91 Å². The molecule has 0 spiro atoms. The highest BCUT2D eigenvalue weighted by Crippen LogP contribution is 2.39. The first-order valence-electron chi connectivity index (χ1n) is 11.1. The van der Waals surface area contributed by atoms with E-state index in [1.165, 1.54) is 17.5 Å². The maximum absolute atomic E-state index is 13.2. The van der Waals surface area contributed by atoms with E-state index >= 15 is 0 Å². The van der Waals surface area contributed by atoms with E-state index in [0.29, 0.717) is 12.0 Å². The Morgan fingerprint density at radius 1 is 1.03 bits per heavy atom. The number of hydrogen-bond donors (Lipinski definition) is 1. The van der Waals surface area contributed by atoms with Gasteiger partial charge in [-0.2, -0.15) is 0 Å². The maximum Gasteiger partial charge on any atom is 0.228 e. The molecule has 154 valence electrons. The minimum absolute atomic E-state index is 0.0697. The van der Waals surface area contributed by atoms with Gasteiger partial charge in [-0.05, 0) is 54.2 Å². The molecular weight excluding hydrogens is 356 g/mol. The van der Waals surface area contributed by atoms with Gasteiger partial charge >= 0.3 is 0 Å². The topological polar surface area (TPSA) is 32.3 Å². The van der Waals surface area contributed by atoms with Crippen molar-refractivity contribution in [3.8, 4) is 0 Å². The Morgan fingerprint density at radius 2 is 1.76 bits per heavy atom. The molecule has 0 radical (unpaired) electrons. The second-order valence-corrected chi connectivity index (χ2v) is 9.37. The van der Waals surface area contributed by atoms with Gasteiger partial charge in [-0.1, -0.05) is 68.4 Å². The van der Waals surface area contributed by atoms with Crippen LogP contribution in [0, 0.1) is 24.7 Å². The first-order valence-corrected chi connectivity index (χ1v) is 11.1. The maximum atomic E-state index is 13.2. The normalized spacial score (nSPS) is 25.2. The van der Waals surface area contributed by atoms with Crippen LogP contribution in [0.1, 0.15) is 49.3 Å². The molecule has 1 heterocycles. The Hall–Kier alpha value is -2.13. The summed E-state index contributed by atoms with van der Waals surface area (Å²) in [7, 11) is 0. The van der Waals surface area contributed by atoms with E-state index in [1.54, 1.807) is 0 Å². The Balaban J connectivity index is 1.40. The third-order valence-corrected chi connectivity index (χ3v) is 7.02. The van der Waals surface area contributed by atoms with Gasteiger partial charge in [0.1, 0.15) is 0 Å². The van der Waals surface area contributed by atoms with Crippen molar-refractivity contribution >= 4 is 5.91 Å².